The number of hydrogen-bond donors (Lipinski definition) is 1. The fraction of sp³-hybridized carbons (Fsp3) is 0.500. The first kappa shape index (κ1) is 15.5. The number of rotatable bonds is 3. The maximum atomic E-state index is 12.6. The fourth-order valence-electron chi connectivity index (χ4n) is 2.52. The lowest BCUT2D eigenvalue weighted by Crippen LogP contribution is -2.39. The molecule has 1 N–H and O–H groups in total. The molecule has 1 aliphatic rings. The van der Waals surface area contributed by atoms with E-state index in [2.05, 4.69) is 0 Å². The summed E-state index contributed by atoms with van der Waals surface area (Å²) in [7, 11) is 1.36. The molecule has 2 rings (SSSR count). The van der Waals surface area contributed by atoms with Crippen LogP contribution in [0.15, 0.2) is 18.2 Å². The van der Waals surface area contributed by atoms with Crippen LogP contribution in [0.25, 0.3) is 0 Å². The molecule has 1 aromatic carbocycles. The van der Waals surface area contributed by atoms with E-state index in [1.54, 1.807) is 12.1 Å². The molecule has 4 nitrogen and oxygen atoms in total. The van der Waals surface area contributed by atoms with Crippen LogP contribution < -0.4 is 9.64 Å². The van der Waals surface area contributed by atoms with Gasteiger partial charge in [-0.05, 0) is 25.0 Å². The molecular weight excluding hydrogens is 287 g/mol. The van der Waals surface area contributed by atoms with E-state index in [0.717, 1.165) is 0 Å². The number of anilines is 1. The van der Waals surface area contributed by atoms with Gasteiger partial charge >= 0.3 is 12.1 Å². The van der Waals surface area contributed by atoms with E-state index in [1.165, 1.54) is 13.2 Å². The highest BCUT2D eigenvalue weighted by Crippen LogP contribution is 2.36. The Labute approximate surface area is 120 Å². The number of alkyl halides is 3. The molecule has 1 aliphatic heterocycles. The van der Waals surface area contributed by atoms with E-state index in [9.17, 15) is 18.0 Å². The highest BCUT2D eigenvalue weighted by atomic mass is 19.4. The van der Waals surface area contributed by atoms with Gasteiger partial charge in [0.2, 0.25) is 0 Å². The van der Waals surface area contributed by atoms with Gasteiger partial charge in [-0.15, -0.1) is 0 Å². The Kier molecular flexibility index (Phi) is 4.29. The molecule has 0 unspecified atom stereocenters. The maximum absolute atomic E-state index is 12.6. The number of aromatic carboxylic acids is 1. The van der Waals surface area contributed by atoms with Gasteiger partial charge in [0, 0.05) is 24.8 Å². The van der Waals surface area contributed by atoms with Gasteiger partial charge in [0.25, 0.3) is 0 Å². The molecule has 0 radical (unpaired) electrons. The highest BCUT2D eigenvalue weighted by molar-refractivity contribution is 5.91. The van der Waals surface area contributed by atoms with Crippen LogP contribution in [0.3, 0.4) is 0 Å². The van der Waals surface area contributed by atoms with Crippen LogP contribution >= 0.6 is 0 Å². The lowest BCUT2D eigenvalue weighted by atomic mass is 9.96. The predicted molar refractivity (Wildman–Crippen MR) is 70.9 cm³/mol. The van der Waals surface area contributed by atoms with E-state index in [4.69, 9.17) is 9.84 Å². The number of piperidine rings is 1. The predicted octanol–water partition coefficient (Wildman–Crippen LogP) is 3.17. The Morgan fingerprint density at radius 3 is 2.43 bits per heavy atom. The monoisotopic (exact) mass is 303 g/mol. The third-order valence-electron chi connectivity index (χ3n) is 3.74. The zero-order valence-corrected chi connectivity index (χ0v) is 11.5. The quantitative estimate of drug-likeness (QED) is 0.932. The van der Waals surface area contributed by atoms with Crippen LogP contribution in [-0.2, 0) is 0 Å². The van der Waals surface area contributed by atoms with Crippen molar-refractivity contribution in [1.29, 1.82) is 0 Å². The zero-order valence-electron chi connectivity index (χ0n) is 11.5. The molecule has 116 valence electrons. The zero-order chi connectivity index (χ0) is 15.6. The minimum absolute atomic E-state index is 0.0337. The second-order valence-corrected chi connectivity index (χ2v) is 4.99. The third kappa shape index (κ3) is 3.40. The van der Waals surface area contributed by atoms with Crippen molar-refractivity contribution in [2.75, 3.05) is 25.1 Å². The first-order valence-electron chi connectivity index (χ1n) is 6.56. The van der Waals surface area contributed by atoms with E-state index >= 15 is 0 Å². The van der Waals surface area contributed by atoms with Crippen LogP contribution in [0.2, 0.25) is 0 Å². The Balaban J connectivity index is 2.12. The molecule has 1 fully saturated rings. The average Bonchev–Trinajstić information content (AvgIpc) is 2.45. The van der Waals surface area contributed by atoms with Gasteiger partial charge in [-0.1, -0.05) is 0 Å². The second-order valence-electron chi connectivity index (χ2n) is 4.99. The number of hydrogen-bond acceptors (Lipinski definition) is 3. The third-order valence-corrected chi connectivity index (χ3v) is 3.74. The highest BCUT2D eigenvalue weighted by Gasteiger charge is 2.41. The molecule has 0 spiro atoms. The summed E-state index contributed by atoms with van der Waals surface area (Å²) in [4.78, 5) is 12.8. The number of carbonyl (C=O) groups is 1. The molecule has 0 saturated carbocycles. The number of carboxylic acid groups (broad SMARTS) is 1. The summed E-state index contributed by atoms with van der Waals surface area (Å²) in [6.45, 7) is 0.583. The topological polar surface area (TPSA) is 49.8 Å². The Morgan fingerprint density at radius 2 is 1.95 bits per heavy atom. The van der Waals surface area contributed by atoms with E-state index in [-0.39, 0.29) is 24.2 Å². The van der Waals surface area contributed by atoms with Gasteiger partial charge in [-0.2, -0.15) is 13.2 Å². The summed E-state index contributed by atoms with van der Waals surface area (Å²) in [6, 6.07) is 4.56. The summed E-state index contributed by atoms with van der Waals surface area (Å²) in [6.07, 6.45) is -4.05. The normalized spacial score (nSPS) is 16.9. The minimum atomic E-state index is -4.14. The summed E-state index contributed by atoms with van der Waals surface area (Å²) in [5.74, 6) is -2.15. The standard InChI is InChI=1S/C14H16F3NO3/c1-21-12-8-10(2-3-11(12)13(19)20)18-6-4-9(5-7-18)14(15,16)17/h2-3,8-9H,4-7H2,1H3,(H,19,20). The van der Waals surface area contributed by atoms with Crippen LogP contribution in [0.1, 0.15) is 23.2 Å². The van der Waals surface area contributed by atoms with Gasteiger partial charge < -0.3 is 14.7 Å². The van der Waals surface area contributed by atoms with Gasteiger partial charge in [0.05, 0.1) is 13.0 Å². The second kappa shape index (κ2) is 5.83. The van der Waals surface area contributed by atoms with Crippen molar-refractivity contribution in [3.63, 3.8) is 0 Å². The Hall–Kier alpha value is -1.92. The van der Waals surface area contributed by atoms with Crippen LogP contribution in [0.5, 0.6) is 5.75 Å². The minimum Gasteiger partial charge on any atom is -0.496 e. The summed E-state index contributed by atoms with van der Waals surface area (Å²) < 4.78 is 42.9. The number of nitrogens with zero attached hydrogens (tertiary/aromatic N) is 1. The van der Waals surface area contributed by atoms with Crippen molar-refractivity contribution >= 4 is 11.7 Å². The van der Waals surface area contributed by atoms with Gasteiger partial charge in [-0.3, -0.25) is 0 Å². The van der Waals surface area contributed by atoms with Crippen LogP contribution in [0, 0.1) is 5.92 Å². The van der Waals surface area contributed by atoms with Crippen molar-refractivity contribution < 1.29 is 27.8 Å². The molecule has 0 amide bonds. The first-order chi connectivity index (χ1) is 9.82. The lowest BCUT2D eigenvalue weighted by molar-refractivity contribution is -0.179. The Bertz CT molecular complexity index is 523. The van der Waals surface area contributed by atoms with E-state index in [0.29, 0.717) is 18.8 Å². The number of benzene rings is 1. The molecule has 1 aromatic rings. The van der Waals surface area contributed by atoms with Crippen molar-refractivity contribution in [3.8, 4) is 5.75 Å². The molecule has 0 bridgehead atoms. The van der Waals surface area contributed by atoms with Crippen molar-refractivity contribution in [2.45, 2.75) is 19.0 Å². The number of carboxylic acids is 1. The van der Waals surface area contributed by atoms with Crippen LogP contribution in [-0.4, -0.2) is 37.5 Å². The molecule has 0 aromatic heterocycles. The molecule has 1 heterocycles. The largest absolute Gasteiger partial charge is 0.496 e. The number of methoxy groups -OCH3 is 1. The summed E-state index contributed by atoms with van der Waals surface area (Å²) in [5, 5.41) is 9.00. The smallest absolute Gasteiger partial charge is 0.391 e. The Morgan fingerprint density at radius 1 is 1.33 bits per heavy atom. The number of ether oxygens (including phenoxy) is 1. The maximum Gasteiger partial charge on any atom is 0.391 e. The van der Waals surface area contributed by atoms with Crippen LogP contribution in [0.4, 0.5) is 18.9 Å². The molecule has 1 saturated heterocycles. The van der Waals surface area contributed by atoms with Gasteiger partial charge in [-0.25, -0.2) is 4.79 Å². The molecule has 0 aliphatic carbocycles. The summed E-state index contributed by atoms with van der Waals surface area (Å²) >= 11 is 0. The number of halogens is 3. The average molecular weight is 303 g/mol. The van der Waals surface area contributed by atoms with Gasteiger partial charge in [0.1, 0.15) is 11.3 Å². The fourth-order valence-corrected chi connectivity index (χ4v) is 2.52. The van der Waals surface area contributed by atoms with Crippen molar-refractivity contribution in [3.05, 3.63) is 23.8 Å². The summed E-state index contributed by atoms with van der Waals surface area (Å²) in [5.41, 5.74) is 0.712. The molecule has 0 atom stereocenters. The molecular formula is C14H16F3NO3. The molecule has 21 heavy (non-hydrogen) atoms. The lowest BCUT2D eigenvalue weighted by Gasteiger charge is -2.34. The van der Waals surface area contributed by atoms with Gasteiger partial charge in [0.15, 0.2) is 0 Å². The SMILES string of the molecule is COc1cc(N2CCC(C(F)(F)F)CC2)ccc1C(=O)O. The van der Waals surface area contributed by atoms with E-state index < -0.39 is 18.1 Å². The molecule has 7 heteroatoms. The van der Waals surface area contributed by atoms with E-state index in [1.807, 2.05) is 4.90 Å². The van der Waals surface area contributed by atoms with Crippen molar-refractivity contribution in [2.24, 2.45) is 5.92 Å². The van der Waals surface area contributed by atoms with Crippen molar-refractivity contribution in [1.82, 2.24) is 0 Å². The first-order valence-corrected chi connectivity index (χ1v) is 6.56.